The molecular weight excluding hydrogens is 236 g/mol. The summed E-state index contributed by atoms with van der Waals surface area (Å²) in [4.78, 5) is 14.0. The van der Waals surface area contributed by atoms with Gasteiger partial charge in [-0.2, -0.15) is 0 Å². The van der Waals surface area contributed by atoms with Crippen molar-refractivity contribution in [3.05, 3.63) is 35.9 Å². The first-order valence-electron chi connectivity index (χ1n) is 7.09. The monoisotopic (exact) mass is 260 g/mol. The van der Waals surface area contributed by atoms with E-state index < -0.39 is 5.54 Å². The van der Waals surface area contributed by atoms with Crippen molar-refractivity contribution in [1.82, 2.24) is 4.90 Å². The van der Waals surface area contributed by atoms with E-state index in [9.17, 15) is 4.79 Å². The van der Waals surface area contributed by atoms with Crippen LogP contribution in [0.5, 0.6) is 0 Å². The van der Waals surface area contributed by atoms with Gasteiger partial charge in [-0.3, -0.25) is 4.79 Å². The van der Waals surface area contributed by atoms with Crippen molar-refractivity contribution in [2.24, 2.45) is 11.7 Å². The van der Waals surface area contributed by atoms with E-state index in [4.69, 9.17) is 5.73 Å². The highest BCUT2D eigenvalue weighted by atomic mass is 16.2. The molecule has 0 bridgehead atoms. The average molecular weight is 260 g/mol. The van der Waals surface area contributed by atoms with Gasteiger partial charge in [0, 0.05) is 13.1 Å². The number of hydrogen-bond acceptors (Lipinski definition) is 2. The van der Waals surface area contributed by atoms with Crippen molar-refractivity contribution in [3.8, 4) is 0 Å². The molecule has 19 heavy (non-hydrogen) atoms. The minimum atomic E-state index is -0.744. The van der Waals surface area contributed by atoms with Gasteiger partial charge in [0.2, 0.25) is 5.91 Å². The normalized spacial score (nSPS) is 17.5. The van der Waals surface area contributed by atoms with Crippen molar-refractivity contribution in [2.45, 2.75) is 38.6 Å². The zero-order chi connectivity index (χ0) is 13.9. The fourth-order valence-electron chi connectivity index (χ4n) is 2.70. The molecule has 0 unspecified atom stereocenters. The van der Waals surface area contributed by atoms with Gasteiger partial charge in [0.15, 0.2) is 0 Å². The second-order valence-electron chi connectivity index (χ2n) is 6.15. The Balaban J connectivity index is 1.85. The van der Waals surface area contributed by atoms with Gasteiger partial charge < -0.3 is 10.6 Å². The van der Waals surface area contributed by atoms with Crippen LogP contribution >= 0.6 is 0 Å². The van der Waals surface area contributed by atoms with Crippen molar-refractivity contribution < 1.29 is 4.79 Å². The van der Waals surface area contributed by atoms with Crippen LogP contribution in [-0.4, -0.2) is 29.4 Å². The van der Waals surface area contributed by atoms with Crippen molar-refractivity contribution in [1.29, 1.82) is 0 Å². The lowest BCUT2D eigenvalue weighted by Crippen LogP contribution is -2.53. The van der Waals surface area contributed by atoms with E-state index in [1.165, 1.54) is 5.56 Å². The number of carbonyl (C=O) groups is 1. The van der Waals surface area contributed by atoms with Crippen LogP contribution in [-0.2, 0) is 11.2 Å². The fraction of sp³-hybridized carbons (Fsp3) is 0.562. The molecule has 3 nitrogen and oxygen atoms in total. The highest BCUT2D eigenvalue weighted by Crippen LogP contribution is 2.22. The summed E-state index contributed by atoms with van der Waals surface area (Å²) in [6.45, 7) is 5.25. The summed E-state index contributed by atoms with van der Waals surface area (Å²) in [6, 6.07) is 10.6. The van der Waals surface area contributed by atoms with Gasteiger partial charge in [-0.1, -0.05) is 30.3 Å². The zero-order valence-electron chi connectivity index (χ0n) is 11.9. The SMILES string of the molecule is CC(C)(N)C(=O)N1CCC(Cc2ccccc2)CC1. The maximum absolute atomic E-state index is 12.1. The Kier molecular flexibility index (Phi) is 4.25. The molecule has 2 rings (SSSR count). The molecule has 2 N–H and O–H groups in total. The number of benzene rings is 1. The van der Waals surface area contributed by atoms with Gasteiger partial charge in [0.05, 0.1) is 5.54 Å². The first-order valence-corrected chi connectivity index (χ1v) is 7.09. The quantitative estimate of drug-likeness (QED) is 0.905. The lowest BCUT2D eigenvalue weighted by atomic mass is 9.89. The number of rotatable bonds is 3. The smallest absolute Gasteiger partial charge is 0.242 e. The Bertz CT molecular complexity index is 414. The molecule has 1 aromatic rings. The molecule has 0 spiro atoms. The number of likely N-dealkylation sites (tertiary alicyclic amines) is 1. The molecule has 1 saturated heterocycles. The maximum Gasteiger partial charge on any atom is 0.242 e. The summed E-state index contributed by atoms with van der Waals surface area (Å²) in [5.41, 5.74) is 6.53. The number of carbonyl (C=O) groups excluding carboxylic acids is 1. The third-order valence-electron chi connectivity index (χ3n) is 3.82. The first kappa shape index (κ1) is 14.1. The number of nitrogens with zero attached hydrogens (tertiary/aromatic N) is 1. The van der Waals surface area contributed by atoms with Gasteiger partial charge >= 0.3 is 0 Å². The highest BCUT2D eigenvalue weighted by Gasteiger charge is 2.30. The maximum atomic E-state index is 12.1. The van der Waals surface area contributed by atoms with Crippen LogP contribution in [0.15, 0.2) is 30.3 Å². The van der Waals surface area contributed by atoms with E-state index in [1.807, 2.05) is 11.0 Å². The van der Waals surface area contributed by atoms with Crippen LogP contribution in [0.1, 0.15) is 32.3 Å². The van der Waals surface area contributed by atoms with E-state index >= 15 is 0 Å². The van der Waals surface area contributed by atoms with E-state index in [-0.39, 0.29) is 5.91 Å². The van der Waals surface area contributed by atoms with E-state index in [0.29, 0.717) is 5.92 Å². The third-order valence-corrected chi connectivity index (χ3v) is 3.82. The second kappa shape index (κ2) is 5.74. The van der Waals surface area contributed by atoms with Crippen LogP contribution in [0, 0.1) is 5.92 Å². The number of hydrogen-bond donors (Lipinski definition) is 1. The average Bonchev–Trinajstić information content (AvgIpc) is 2.39. The molecule has 104 valence electrons. The molecule has 0 radical (unpaired) electrons. The molecule has 0 aromatic heterocycles. The molecule has 0 atom stereocenters. The lowest BCUT2D eigenvalue weighted by molar-refractivity contribution is -0.137. The first-order chi connectivity index (χ1) is 8.97. The molecule has 0 aliphatic carbocycles. The van der Waals surface area contributed by atoms with Crippen molar-refractivity contribution in [2.75, 3.05) is 13.1 Å². The van der Waals surface area contributed by atoms with Crippen molar-refractivity contribution in [3.63, 3.8) is 0 Å². The summed E-state index contributed by atoms with van der Waals surface area (Å²) >= 11 is 0. The third kappa shape index (κ3) is 3.80. The van der Waals surface area contributed by atoms with E-state index in [0.717, 1.165) is 32.4 Å². The van der Waals surface area contributed by atoms with Crippen LogP contribution in [0.25, 0.3) is 0 Å². The molecule has 0 saturated carbocycles. The molecule has 1 fully saturated rings. The molecule has 1 aliphatic heterocycles. The molecular formula is C16H24N2O. The standard InChI is InChI=1S/C16H24N2O/c1-16(2,17)15(19)18-10-8-14(9-11-18)12-13-6-4-3-5-7-13/h3-7,14H,8-12,17H2,1-2H3. The minimum absolute atomic E-state index is 0.0747. The van der Waals surface area contributed by atoms with Gasteiger partial charge in [0.25, 0.3) is 0 Å². The predicted molar refractivity (Wildman–Crippen MR) is 77.7 cm³/mol. The number of amides is 1. The predicted octanol–water partition coefficient (Wildman–Crippen LogP) is 2.21. The fourth-order valence-corrected chi connectivity index (χ4v) is 2.70. The van der Waals surface area contributed by atoms with Gasteiger partial charge in [-0.05, 0) is 44.6 Å². The summed E-state index contributed by atoms with van der Waals surface area (Å²) in [6.07, 6.45) is 3.28. The van der Waals surface area contributed by atoms with E-state index in [2.05, 4.69) is 24.3 Å². The molecule has 1 aliphatic rings. The van der Waals surface area contributed by atoms with Gasteiger partial charge in [-0.25, -0.2) is 0 Å². The Hall–Kier alpha value is -1.35. The molecule has 1 aromatic carbocycles. The van der Waals surface area contributed by atoms with Crippen molar-refractivity contribution >= 4 is 5.91 Å². The minimum Gasteiger partial charge on any atom is -0.341 e. The lowest BCUT2D eigenvalue weighted by Gasteiger charge is -2.35. The Morgan fingerprint density at radius 3 is 2.37 bits per heavy atom. The summed E-state index contributed by atoms with van der Waals surface area (Å²) in [7, 11) is 0. The van der Waals surface area contributed by atoms with Gasteiger partial charge in [0.1, 0.15) is 0 Å². The molecule has 1 amide bonds. The Morgan fingerprint density at radius 2 is 1.84 bits per heavy atom. The molecule has 3 heteroatoms. The molecule has 1 heterocycles. The van der Waals surface area contributed by atoms with Crippen LogP contribution in [0.3, 0.4) is 0 Å². The van der Waals surface area contributed by atoms with Crippen LogP contribution in [0.2, 0.25) is 0 Å². The Labute approximate surface area is 115 Å². The van der Waals surface area contributed by atoms with Crippen LogP contribution in [0.4, 0.5) is 0 Å². The second-order valence-corrected chi connectivity index (χ2v) is 6.15. The number of piperidine rings is 1. The highest BCUT2D eigenvalue weighted by molar-refractivity contribution is 5.85. The topological polar surface area (TPSA) is 46.3 Å². The van der Waals surface area contributed by atoms with E-state index in [1.54, 1.807) is 13.8 Å². The van der Waals surface area contributed by atoms with Crippen LogP contribution < -0.4 is 5.73 Å². The Morgan fingerprint density at radius 1 is 1.26 bits per heavy atom. The number of nitrogens with two attached hydrogens (primary N) is 1. The largest absolute Gasteiger partial charge is 0.341 e. The summed E-state index contributed by atoms with van der Waals surface area (Å²) < 4.78 is 0. The summed E-state index contributed by atoms with van der Waals surface area (Å²) in [5, 5.41) is 0. The van der Waals surface area contributed by atoms with Gasteiger partial charge in [-0.15, -0.1) is 0 Å². The zero-order valence-corrected chi connectivity index (χ0v) is 11.9. The summed E-state index contributed by atoms with van der Waals surface area (Å²) in [5.74, 6) is 0.762.